The smallest absolute Gasteiger partial charge is 0.346 e. The third kappa shape index (κ3) is 24.5. The van der Waals surface area contributed by atoms with Crippen LogP contribution in [-0.4, -0.2) is 269 Å². The van der Waals surface area contributed by atoms with Crippen LogP contribution in [0.2, 0.25) is 0 Å². The number of carbonyl (C=O) groups is 10. The van der Waals surface area contributed by atoms with Crippen LogP contribution in [0.5, 0.6) is 23.0 Å². The lowest BCUT2D eigenvalue weighted by Crippen LogP contribution is -2.51. The average molecular weight is 1610 g/mol. The number of aromatic hydroxyl groups is 4. The lowest BCUT2D eigenvalue weighted by Gasteiger charge is -2.34. The van der Waals surface area contributed by atoms with Gasteiger partial charge in [0.1, 0.15) is 35.1 Å². The highest BCUT2D eigenvalue weighted by Gasteiger charge is 2.34. The number of likely N-dealkylation sites (N-methyl/N-ethyl adjacent to an activating group) is 3. The molecule has 3 fully saturated rings. The number of aliphatic carboxylic acids is 1. The highest BCUT2D eigenvalue weighted by Crippen LogP contribution is 2.41. The van der Waals surface area contributed by atoms with Gasteiger partial charge in [0.25, 0.3) is 11.8 Å². The summed E-state index contributed by atoms with van der Waals surface area (Å²) < 4.78 is 3.15. The van der Waals surface area contributed by atoms with Crippen LogP contribution < -0.4 is 26.6 Å². The van der Waals surface area contributed by atoms with Crippen LogP contribution in [0.25, 0.3) is 34.2 Å². The molecule has 35 nitrogen and oxygen atoms in total. The molecule has 0 bridgehead atoms. The van der Waals surface area contributed by atoms with Crippen LogP contribution in [0.3, 0.4) is 0 Å². The summed E-state index contributed by atoms with van der Waals surface area (Å²) in [5.74, 6) is -6.01. The number of hydrogen-bond acceptors (Lipinski definition) is 26. The number of likely N-dealkylation sites (tertiary alicyclic amines) is 2. The summed E-state index contributed by atoms with van der Waals surface area (Å²) in [4.78, 5) is 156. The second-order valence-electron chi connectivity index (χ2n) is 30.3. The van der Waals surface area contributed by atoms with Gasteiger partial charge in [0.2, 0.25) is 40.7 Å². The number of phenols is 4. The number of nitrogens with zero attached hydrogens (tertiary/aromatic N) is 12. The maximum atomic E-state index is 14.7. The van der Waals surface area contributed by atoms with E-state index in [0.717, 1.165) is 11.1 Å². The number of unbranched alkanes of at least 4 members (excludes halogenated alkanes) is 1. The summed E-state index contributed by atoms with van der Waals surface area (Å²) in [6.45, 7) is 16.2. The van der Waals surface area contributed by atoms with E-state index in [1.54, 1.807) is 80.6 Å². The molecule has 0 saturated carbocycles. The van der Waals surface area contributed by atoms with Crippen LogP contribution >= 0.6 is 0 Å². The first-order chi connectivity index (χ1) is 55.5. The molecule has 9 rings (SSSR count). The van der Waals surface area contributed by atoms with Gasteiger partial charge in [-0.2, -0.15) is 0 Å². The Bertz CT molecular complexity index is 4380. The Morgan fingerprint density at radius 1 is 0.569 bits per heavy atom. The number of phenolic OH excluding ortho intramolecular Hbond substituents is 4. The molecule has 2 aromatic heterocycles. The van der Waals surface area contributed by atoms with E-state index in [0.29, 0.717) is 132 Å². The zero-order chi connectivity index (χ0) is 83.9. The predicted octanol–water partition coefficient (Wildman–Crippen LogP) is 5.26. The minimum atomic E-state index is -1.16. The van der Waals surface area contributed by atoms with Crippen LogP contribution in [0.1, 0.15) is 174 Å². The summed E-state index contributed by atoms with van der Waals surface area (Å²) in [6.07, 6.45) is 4.70. The van der Waals surface area contributed by atoms with E-state index in [-0.39, 0.29) is 164 Å². The molecule has 6 amide bonds. The second kappa shape index (κ2) is 42.5. The number of piperidine rings is 2. The Hall–Kier alpha value is -11.1. The van der Waals surface area contributed by atoms with E-state index >= 15 is 0 Å². The van der Waals surface area contributed by atoms with Gasteiger partial charge in [0.15, 0.2) is 11.6 Å². The summed E-state index contributed by atoms with van der Waals surface area (Å²) in [5.41, 5.74) is 4.90. The normalized spacial score (nSPS) is 15.7. The minimum Gasteiger partial charge on any atom is -0.508 e. The maximum Gasteiger partial charge on any atom is 0.346 e. The van der Waals surface area contributed by atoms with Gasteiger partial charge >= 0.3 is 23.9 Å². The number of carboxylic acid groups (broad SMARTS) is 1. The van der Waals surface area contributed by atoms with Gasteiger partial charge in [-0.25, -0.2) is 14.4 Å². The average Bonchev–Trinajstić information content (AvgIpc) is 1.60. The molecule has 35 heteroatoms. The monoisotopic (exact) mass is 1610 g/mol. The highest BCUT2D eigenvalue weighted by atomic mass is 17.2. The molecule has 3 aliphatic heterocycles. The molecule has 2 atom stereocenters. The van der Waals surface area contributed by atoms with Crippen LogP contribution in [-0.2, 0) is 65.7 Å². The topological polar surface area (TPSA) is 441 Å². The van der Waals surface area contributed by atoms with Gasteiger partial charge < -0.3 is 61.9 Å². The van der Waals surface area contributed by atoms with E-state index in [1.807, 2.05) is 76.2 Å². The zero-order valence-electron chi connectivity index (χ0n) is 67.6. The number of rotatable bonds is 36. The molecule has 0 unspecified atom stereocenters. The maximum absolute atomic E-state index is 14.7. The molecule has 4 aromatic carbocycles. The lowest BCUT2D eigenvalue weighted by molar-refractivity contribution is -0.463. The lowest BCUT2D eigenvalue weighted by atomic mass is 9.89. The molecule has 10 N–H and O–H groups in total. The third-order valence-electron chi connectivity index (χ3n) is 21.0. The fourth-order valence-corrected chi connectivity index (χ4v) is 14.5. The zero-order valence-corrected chi connectivity index (χ0v) is 67.6. The van der Waals surface area contributed by atoms with E-state index in [9.17, 15) is 73.5 Å². The molecule has 6 aromatic rings. The molecule has 3 saturated heterocycles. The number of nitrogens with one attached hydrogen (secondary N) is 5. The standard InChI is InChI=1S/C81H111N17O18/c1-10-83-78(109)76-89-87-74(60-43-58(50(4)5)64(99)45-66(60)101)96(76)56-20-16-52(17-21-56)41-54-28-34-94(35-29-54)70(105)27-26-69(104)86-62(15-13-14-32-85-68(103)25-24-63(81(112)113)93(12-3)38-33-82-47-71(106)114-98-115-72(107)48-91(8)39-40-92(9)49-73(108)116-98)80(111)95-36-30-55(31-37-95)42-53-18-22-57(23-19-53)97-75(88-90-77(97)79(110)84-11-2)61-44-59(51(6)7)65(100)46-67(61)102/h16-23,43-46,50-51,54-55,62-63,82,99-102H,10-15,24-42,47-49H2,1-9H3,(H,83,109)(H,84,110)(H,85,103)(H,86,104)(H,112,113)/t62-,63+/m0/s1. The van der Waals surface area contributed by atoms with Crippen molar-refractivity contribution < 1.29 is 88.0 Å². The Kier molecular flexibility index (Phi) is 32.5. The number of benzene rings is 4. The number of carbonyl (C=O) groups excluding carboxylic acids is 9. The fraction of sp³-hybridized carbons (Fsp3) is 0.531. The second-order valence-corrected chi connectivity index (χ2v) is 30.3. The summed E-state index contributed by atoms with van der Waals surface area (Å²) in [6, 6.07) is 19.0. The number of carboxylic acids is 1. The number of amides is 6. The van der Waals surface area contributed by atoms with E-state index < -0.39 is 66.1 Å². The van der Waals surface area contributed by atoms with E-state index in [4.69, 9.17) is 14.5 Å². The number of aromatic nitrogens is 6. The molecule has 0 radical (unpaired) electrons. The minimum absolute atomic E-state index is 0.00421. The molecule has 116 heavy (non-hydrogen) atoms. The summed E-state index contributed by atoms with van der Waals surface area (Å²) >= 11 is 0. The van der Waals surface area contributed by atoms with Crippen LogP contribution in [0.15, 0.2) is 72.8 Å². The van der Waals surface area contributed by atoms with E-state index in [2.05, 4.69) is 47.0 Å². The van der Waals surface area contributed by atoms with Crippen molar-refractivity contribution in [2.45, 2.75) is 156 Å². The molecule has 3 aliphatic rings. The first-order valence-corrected chi connectivity index (χ1v) is 39.9. The predicted molar refractivity (Wildman–Crippen MR) is 424 cm³/mol. The molecule has 0 aliphatic carbocycles. The van der Waals surface area contributed by atoms with Crippen molar-refractivity contribution in [2.24, 2.45) is 11.8 Å². The Morgan fingerprint density at radius 2 is 1.05 bits per heavy atom. The van der Waals surface area contributed by atoms with E-state index in [1.165, 1.54) is 12.1 Å². The van der Waals surface area contributed by atoms with Crippen molar-refractivity contribution in [3.63, 3.8) is 0 Å². The van der Waals surface area contributed by atoms with Gasteiger partial charge in [-0.05, 0) is 181 Å². The Balaban J connectivity index is 0.783. The SMILES string of the molecule is CCNC(=O)c1nnc(-c2cc(C(C)C)c(O)cc2O)n1-c1ccc(CC2CCN(C(=O)CCC(=O)N[C@@H](CCCCNC(=O)CC[C@H](C(=O)O)N(CC)CCNCC(=O)ON3OC(=O)CN(C)CCN(C)CC(=O)O3)C(=O)N3CCC(Cc4ccc(-n5c(C(=O)NCC)nnc5-c5cc(C(C)C)c(O)cc5O)cc4)CC3)CC2)cc1. The molecule has 628 valence electrons. The highest BCUT2D eigenvalue weighted by molar-refractivity contribution is 5.93. The van der Waals surface area contributed by atoms with Gasteiger partial charge in [-0.1, -0.05) is 58.9 Å². The van der Waals surface area contributed by atoms with Crippen LogP contribution in [0, 0.1) is 11.8 Å². The van der Waals surface area contributed by atoms with Gasteiger partial charge in [-0.3, -0.25) is 71.9 Å². The van der Waals surface area contributed by atoms with Crippen molar-refractivity contribution in [1.82, 2.24) is 86.0 Å². The van der Waals surface area contributed by atoms with Crippen molar-refractivity contribution in [1.29, 1.82) is 0 Å². The van der Waals surface area contributed by atoms with Gasteiger partial charge in [0, 0.05) is 115 Å². The quantitative estimate of drug-likeness (QED) is 0.0224. The Morgan fingerprint density at radius 3 is 1.51 bits per heavy atom. The summed E-state index contributed by atoms with van der Waals surface area (Å²) in [5, 5.41) is 85.0. The molecule has 0 spiro atoms. The fourth-order valence-electron chi connectivity index (χ4n) is 14.5. The van der Waals surface area contributed by atoms with Crippen molar-refractivity contribution in [2.75, 3.05) is 112 Å². The first kappa shape index (κ1) is 88.8. The first-order valence-electron chi connectivity index (χ1n) is 39.9. The van der Waals surface area contributed by atoms with Gasteiger partial charge in [-0.15, -0.1) is 20.4 Å². The molecule has 5 heterocycles. The Labute approximate surface area is 674 Å². The summed E-state index contributed by atoms with van der Waals surface area (Å²) in [7, 11) is 3.36. The van der Waals surface area contributed by atoms with Gasteiger partial charge in [0.05, 0.1) is 30.8 Å². The third-order valence-corrected chi connectivity index (χ3v) is 21.0. The molecular weight excluding hydrogens is 1500 g/mol. The van der Waals surface area contributed by atoms with Crippen molar-refractivity contribution >= 4 is 59.3 Å². The molecular formula is C81H111N17O18. The van der Waals surface area contributed by atoms with Crippen molar-refractivity contribution in [3.8, 4) is 57.1 Å². The van der Waals surface area contributed by atoms with Crippen molar-refractivity contribution in [3.05, 3.63) is 107 Å². The largest absolute Gasteiger partial charge is 0.508 e. The number of hydrogen-bond donors (Lipinski definition) is 10. The van der Waals surface area contributed by atoms with Crippen LogP contribution in [0.4, 0.5) is 0 Å².